The Labute approximate surface area is 444 Å². The first-order valence-electron chi connectivity index (χ1n) is 32.1. The largest absolute Gasteiger partial charge is 0.299 e. The first-order chi connectivity index (χ1) is 36.5. The van der Waals surface area contributed by atoms with Gasteiger partial charge in [0.05, 0.1) is 5.92 Å². The van der Waals surface area contributed by atoms with Gasteiger partial charge in [0.15, 0.2) is 0 Å². The fourth-order valence-corrected chi connectivity index (χ4v) is 26.0. The van der Waals surface area contributed by atoms with Crippen molar-refractivity contribution < 1.29 is 38.4 Å². The summed E-state index contributed by atoms with van der Waals surface area (Å²) in [6, 6.07) is 0. The van der Waals surface area contributed by atoms with E-state index in [1.165, 1.54) is 11.3 Å². The highest BCUT2D eigenvalue weighted by Crippen LogP contribution is 2.72. The standard InChI is InChI=1S/C64H85N3O8/c1-65-59(70)42-20-12-34-38-16-24-46-56-47(25-17-39(52(38)56)35-13-21-43(60(65)71)54(42)50(34)35)64(75)67(63(46)74)28-30-7-5-6-29(26-30)27-66-61(72)44-22-14-36-32-10-18-40-53-41(58(69)48(57(40)68)31-8-3-2-4-9-31)19-11-33(49(32)53)37-15-23-45(62(66)73)55(44)51(36)37/h29-56H,2-28H2,1H3. The van der Waals surface area contributed by atoms with E-state index in [1.54, 1.807) is 16.8 Å². The number of ketones is 2. The molecule has 13 aliphatic carbocycles. The number of amides is 6. The Kier molecular flexibility index (Phi) is 11.1. The second kappa shape index (κ2) is 17.4. The fourth-order valence-electron chi connectivity index (χ4n) is 26.0. The molecule has 16 rings (SSSR count). The number of carbonyl (C=O) groups excluding carboxylic acids is 8. The van der Waals surface area contributed by atoms with Crippen molar-refractivity contribution in [3.63, 3.8) is 0 Å². The summed E-state index contributed by atoms with van der Waals surface area (Å²) in [5.41, 5.74) is 0. The predicted octanol–water partition coefficient (Wildman–Crippen LogP) is 9.04. The van der Waals surface area contributed by atoms with Gasteiger partial charge in [0.1, 0.15) is 11.6 Å². The number of nitrogens with zero attached hydrogens (tertiary/aromatic N) is 3. The SMILES string of the molecule is CN1C(=O)C2CCC3C4CCC5C(=O)N(CC6CCCC(CN7C(=O)C8CCC9C%10CCC%11C(=O)C(C%12CCCCC%12)C(=O)C%12CCC(C%13CCC(C7=O)C8C9%13)C%10C%11%12)C6)C(=O)C6CCC(C7CCC(C1=O)C2C37)C4C56. The number of Topliss-reactive ketones (excluding diaryl/α,β-unsaturated/α-hetero) is 2. The van der Waals surface area contributed by atoms with Gasteiger partial charge in [-0.2, -0.15) is 0 Å². The van der Waals surface area contributed by atoms with E-state index in [0.29, 0.717) is 95.7 Å². The molecule has 0 bridgehead atoms. The summed E-state index contributed by atoms with van der Waals surface area (Å²) in [7, 11) is 1.70. The molecule has 0 radical (unpaired) electrons. The van der Waals surface area contributed by atoms with Crippen LogP contribution in [0.2, 0.25) is 0 Å². The number of fused-ring (bicyclic) bond motifs is 4. The molecule has 75 heavy (non-hydrogen) atoms. The van der Waals surface area contributed by atoms with Gasteiger partial charge in [-0.15, -0.1) is 0 Å². The van der Waals surface area contributed by atoms with Crippen molar-refractivity contribution in [3.05, 3.63) is 0 Å². The molecule has 16 fully saturated rings. The maximum atomic E-state index is 15.0. The topological polar surface area (TPSA) is 146 Å². The smallest absolute Gasteiger partial charge is 0.232 e. The number of carbonyl (C=O) groups is 8. The molecule has 0 N–H and O–H groups in total. The van der Waals surface area contributed by atoms with Gasteiger partial charge in [0.2, 0.25) is 35.4 Å². The van der Waals surface area contributed by atoms with Crippen molar-refractivity contribution >= 4 is 47.0 Å². The Morgan fingerprint density at radius 3 is 0.933 bits per heavy atom. The van der Waals surface area contributed by atoms with Crippen molar-refractivity contribution in [2.75, 3.05) is 20.1 Å². The van der Waals surface area contributed by atoms with Gasteiger partial charge in [-0.1, -0.05) is 25.7 Å². The molecule has 0 spiro atoms. The molecular formula is C64H85N3O8. The molecule has 11 heteroatoms. The van der Waals surface area contributed by atoms with Crippen molar-refractivity contribution in [3.8, 4) is 0 Å². The summed E-state index contributed by atoms with van der Waals surface area (Å²) in [4.78, 5) is 121. The number of hydrogen-bond donors (Lipinski definition) is 0. The first kappa shape index (κ1) is 47.7. The number of imide groups is 3. The zero-order chi connectivity index (χ0) is 50.6. The molecule has 0 aromatic carbocycles. The van der Waals surface area contributed by atoms with Crippen molar-refractivity contribution in [1.82, 2.24) is 14.7 Å². The highest BCUT2D eigenvalue weighted by molar-refractivity contribution is 6.07. The molecule has 0 aromatic heterocycles. The quantitative estimate of drug-likeness (QED) is 0.196. The second-order valence-corrected chi connectivity index (χ2v) is 29.8. The van der Waals surface area contributed by atoms with Crippen LogP contribution in [0.1, 0.15) is 161 Å². The highest BCUT2D eigenvalue weighted by Gasteiger charge is 2.70. The minimum atomic E-state index is -0.344. The molecule has 18 atom stereocenters. The second-order valence-electron chi connectivity index (χ2n) is 29.8. The number of hydrogen-bond acceptors (Lipinski definition) is 8. The van der Waals surface area contributed by atoms with Crippen LogP contribution in [0.4, 0.5) is 0 Å². The van der Waals surface area contributed by atoms with E-state index in [9.17, 15) is 38.4 Å². The van der Waals surface area contributed by atoms with E-state index in [-0.39, 0.29) is 130 Å². The lowest BCUT2D eigenvalue weighted by Crippen LogP contribution is -2.68. The summed E-state index contributed by atoms with van der Waals surface area (Å²) in [6.45, 7) is 0.936. The Bertz CT molecular complexity index is 2360. The van der Waals surface area contributed by atoms with Crippen LogP contribution in [0, 0.1) is 166 Å². The number of piperidine rings is 3. The maximum Gasteiger partial charge on any atom is 0.232 e. The molecule has 16 aliphatic rings. The lowest BCUT2D eigenvalue weighted by atomic mass is 9.37. The highest BCUT2D eigenvalue weighted by atomic mass is 16.2. The molecule has 6 amide bonds. The van der Waals surface area contributed by atoms with Gasteiger partial charge >= 0.3 is 0 Å². The number of rotatable bonds is 5. The van der Waals surface area contributed by atoms with E-state index in [4.69, 9.17) is 0 Å². The van der Waals surface area contributed by atoms with E-state index in [1.807, 2.05) is 0 Å². The molecule has 404 valence electrons. The van der Waals surface area contributed by atoms with Crippen LogP contribution in [-0.2, 0) is 38.4 Å². The average Bonchev–Trinajstić information content (AvgIpc) is 3.44. The van der Waals surface area contributed by atoms with Gasteiger partial charge in [0.25, 0.3) is 0 Å². The van der Waals surface area contributed by atoms with Gasteiger partial charge in [-0.3, -0.25) is 53.1 Å². The lowest BCUT2D eigenvalue weighted by Gasteiger charge is -2.68. The Morgan fingerprint density at radius 1 is 0.307 bits per heavy atom. The van der Waals surface area contributed by atoms with Crippen LogP contribution < -0.4 is 0 Å². The molecule has 3 saturated heterocycles. The van der Waals surface area contributed by atoms with Crippen molar-refractivity contribution in [1.29, 1.82) is 0 Å². The van der Waals surface area contributed by atoms with Crippen molar-refractivity contribution in [2.45, 2.75) is 161 Å². The molecule has 18 unspecified atom stereocenters. The molecule has 13 saturated carbocycles. The van der Waals surface area contributed by atoms with E-state index in [2.05, 4.69) is 0 Å². The zero-order valence-electron chi connectivity index (χ0n) is 44.9. The van der Waals surface area contributed by atoms with Gasteiger partial charge in [-0.25, -0.2) is 0 Å². The zero-order valence-corrected chi connectivity index (χ0v) is 44.9. The van der Waals surface area contributed by atoms with E-state index < -0.39 is 0 Å². The normalized spacial score (nSPS) is 53.5. The van der Waals surface area contributed by atoms with E-state index in [0.717, 1.165) is 154 Å². The third-order valence-electron chi connectivity index (χ3n) is 28.0. The van der Waals surface area contributed by atoms with Crippen molar-refractivity contribution in [2.24, 2.45) is 166 Å². The van der Waals surface area contributed by atoms with Crippen LogP contribution in [0.25, 0.3) is 0 Å². The molecule has 11 nitrogen and oxygen atoms in total. The van der Waals surface area contributed by atoms with Crippen LogP contribution in [-0.4, -0.2) is 81.8 Å². The minimum Gasteiger partial charge on any atom is -0.299 e. The Morgan fingerprint density at radius 2 is 0.600 bits per heavy atom. The minimum absolute atomic E-state index is 0.0304. The number of likely N-dealkylation sites (tertiary alicyclic amines) is 3. The summed E-state index contributed by atoms with van der Waals surface area (Å²) in [5, 5.41) is 0. The molecule has 3 aliphatic heterocycles. The van der Waals surface area contributed by atoms with Crippen LogP contribution in [0.3, 0.4) is 0 Å². The molecule has 3 heterocycles. The maximum absolute atomic E-state index is 15.0. The molecule has 0 aromatic rings. The summed E-state index contributed by atoms with van der Waals surface area (Å²) >= 11 is 0. The third-order valence-corrected chi connectivity index (χ3v) is 28.0. The average molecular weight is 1020 g/mol. The van der Waals surface area contributed by atoms with Gasteiger partial charge in [-0.05, 0) is 247 Å². The predicted molar refractivity (Wildman–Crippen MR) is 274 cm³/mol. The third kappa shape index (κ3) is 6.51. The van der Waals surface area contributed by atoms with Crippen LogP contribution in [0.5, 0.6) is 0 Å². The summed E-state index contributed by atoms with van der Waals surface area (Å²) < 4.78 is 0. The summed E-state index contributed by atoms with van der Waals surface area (Å²) in [5.74, 6) is 7.14. The Hall–Kier alpha value is -3.24. The van der Waals surface area contributed by atoms with Gasteiger partial charge in [0, 0.05) is 67.5 Å². The van der Waals surface area contributed by atoms with Crippen LogP contribution in [0.15, 0.2) is 0 Å². The van der Waals surface area contributed by atoms with Gasteiger partial charge < -0.3 is 0 Å². The van der Waals surface area contributed by atoms with Crippen LogP contribution >= 0.6 is 0 Å². The molecular weight excluding hydrogens is 939 g/mol. The monoisotopic (exact) mass is 1020 g/mol. The Balaban J connectivity index is 0.590. The summed E-state index contributed by atoms with van der Waals surface area (Å²) in [6.07, 6.45) is 24.7. The first-order valence-corrected chi connectivity index (χ1v) is 32.1. The van der Waals surface area contributed by atoms with E-state index >= 15 is 0 Å². The lowest BCUT2D eigenvalue weighted by molar-refractivity contribution is -0.209. The fraction of sp³-hybridized carbons (Fsp3) is 0.875.